The summed E-state index contributed by atoms with van der Waals surface area (Å²) < 4.78 is 0. The lowest BCUT2D eigenvalue weighted by atomic mass is 10.0. The smallest absolute Gasteiger partial charge is 0.235 e. The number of rotatable bonds is 5. The number of carbonyl (C=O) groups excluding carboxylic acids is 1. The lowest BCUT2D eigenvalue weighted by molar-refractivity contribution is -0.119. The first kappa shape index (κ1) is 12.7. The molecule has 16 heavy (non-hydrogen) atoms. The third kappa shape index (κ3) is 3.32. The largest absolute Gasteiger partial charge is 0.368 e. The van der Waals surface area contributed by atoms with Crippen LogP contribution < -0.4 is 16.8 Å². The fourth-order valence-corrected chi connectivity index (χ4v) is 1.59. The van der Waals surface area contributed by atoms with Crippen molar-refractivity contribution in [2.45, 2.75) is 25.9 Å². The zero-order valence-electron chi connectivity index (χ0n) is 9.73. The molecule has 1 unspecified atom stereocenters. The van der Waals surface area contributed by atoms with Crippen LogP contribution in [0.25, 0.3) is 0 Å². The number of aryl methyl sites for hydroxylation is 1. The minimum atomic E-state index is -0.633. The molecule has 4 nitrogen and oxygen atoms in total. The van der Waals surface area contributed by atoms with E-state index in [1.807, 2.05) is 19.1 Å². The van der Waals surface area contributed by atoms with E-state index in [1.54, 1.807) is 0 Å². The van der Waals surface area contributed by atoms with E-state index in [0.29, 0.717) is 6.54 Å². The first-order chi connectivity index (χ1) is 7.52. The van der Waals surface area contributed by atoms with Crippen molar-refractivity contribution in [3.63, 3.8) is 0 Å². The van der Waals surface area contributed by atoms with E-state index in [0.717, 1.165) is 0 Å². The zero-order valence-corrected chi connectivity index (χ0v) is 9.73. The van der Waals surface area contributed by atoms with Gasteiger partial charge in [-0.3, -0.25) is 4.79 Å². The van der Waals surface area contributed by atoms with E-state index in [4.69, 9.17) is 11.5 Å². The Bertz CT molecular complexity index is 365. The van der Waals surface area contributed by atoms with E-state index in [-0.39, 0.29) is 6.04 Å². The predicted octanol–water partition coefficient (Wildman–Crippen LogP) is 0.458. The first-order valence-corrected chi connectivity index (χ1v) is 5.36. The zero-order chi connectivity index (χ0) is 12.1. The van der Waals surface area contributed by atoms with E-state index < -0.39 is 11.9 Å². The normalized spacial score (nSPS) is 14.4. The van der Waals surface area contributed by atoms with Gasteiger partial charge in [0.1, 0.15) is 0 Å². The van der Waals surface area contributed by atoms with Crippen LogP contribution in [0.15, 0.2) is 24.3 Å². The molecular weight excluding hydrogens is 202 g/mol. The summed E-state index contributed by atoms with van der Waals surface area (Å²) in [5, 5.41) is 3.20. The van der Waals surface area contributed by atoms with Gasteiger partial charge in [0.15, 0.2) is 0 Å². The Kier molecular flexibility index (Phi) is 4.46. The van der Waals surface area contributed by atoms with Gasteiger partial charge in [-0.1, -0.05) is 24.3 Å². The quantitative estimate of drug-likeness (QED) is 0.675. The molecule has 0 fully saturated rings. The molecule has 0 spiro atoms. The maximum Gasteiger partial charge on any atom is 0.235 e. The van der Waals surface area contributed by atoms with Gasteiger partial charge in [0.25, 0.3) is 0 Å². The van der Waals surface area contributed by atoms with Crippen molar-refractivity contribution in [3.05, 3.63) is 35.4 Å². The highest BCUT2D eigenvalue weighted by atomic mass is 16.1. The Balaban J connectivity index is 2.56. The van der Waals surface area contributed by atoms with Gasteiger partial charge in [0.05, 0.1) is 6.04 Å². The lowest BCUT2D eigenvalue weighted by Gasteiger charge is -2.18. The van der Waals surface area contributed by atoms with Gasteiger partial charge in [-0.25, -0.2) is 0 Å². The number of carbonyl (C=O) groups is 1. The average Bonchev–Trinajstić information content (AvgIpc) is 2.25. The van der Waals surface area contributed by atoms with E-state index >= 15 is 0 Å². The first-order valence-electron chi connectivity index (χ1n) is 5.36. The molecule has 1 amide bonds. The summed E-state index contributed by atoms with van der Waals surface area (Å²) in [4.78, 5) is 10.8. The summed E-state index contributed by atoms with van der Waals surface area (Å²) in [6.07, 6.45) is 0. The summed E-state index contributed by atoms with van der Waals surface area (Å²) in [6.45, 7) is 4.49. The Labute approximate surface area is 96.0 Å². The van der Waals surface area contributed by atoms with Crippen molar-refractivity contribution >= 4 is 5.91 Å². The molecule has 1 rings (SSSR count). The number of nitrogens with two attached hydrogens (primary N) is 2. The number of hydrogen-bond acceptors (Lipinski definition) is 3. The van der Waals surface area contributed by atoms with Crippen LogP contribution in [0.1, 0.15) is 24.1 Å². The van der Waals surface area contributed by atoms with Crippen LogP contribution >= 0.6 is 0 Å². The average molecular weight is 221 g/mol. The third-order valence-corrected chi connectivity index (χ3v) is 2.66. The molecule has 5 N–H and O–H groups in total. The number of hydrogen-bond donors (Lipinski definition) is 3. The molecule has 1 aromatic rings. The summed E-state index contributed by atoms with van der Waals surface area (Å²) in [7, 11) is 0. The number of amides is 1. The van der Waals surface area contributed by atoms with Gasteiger partial charge >= 0.3 is 0 Å². The minimum absolute atomic E-state index is 0.159. The fourth-order valence-electron chi connectivity index (χ4n) is 1.59. The molecule has 2 atom stereocenters. The van der Waals surface area contributed by atoms with Crippen LogP contribution in [-0.4, -0.2) is 18.5 Å². The van der Waals surface area contributed by atoms with Crippen molar-refractivity contribution in [3.8, 4) is 0 Å². The fraction of sp³-hybridized carbons (Fsp3) is 0.417. The van der Waals surface area contributed by atoms with Gasteiger partial charge in [0, 0.05) is 12.6 Å². The van der Waals surface area contributed by atoms with Crippen LogP contribution in [0.3, 0.4) is 0 Å². The Hall–Kier alpha value is -1.39. The Morgan fingerprint density at radius 3 is 2.62 bits per heavy atom. The minimum Gasteiger partial charge on any atom is -0.368 e. The highest BCUT2D eigenvalue weighted by molar-refractivity contribution is 5.79. The highest BCUT2D eigenvalue weighted by Crippen LogP contribution is 2.16. The van der Waals surface area contributed by atoms with Crippen LogP contribution in [0.5, 0.6) is 0 Å². The van der Waals surface area contributed by atoms with Crippen LogP contribution in [0, 0.1) is 6.92 Å². The topological polar surface area (TPSA) is 81.1 Å². The van der Waals surface area contributed by atoms with Crippen molar-refractivity contribution in [1.82, 2.24) is 5.32 Å². The van der Waals surface area contributed by atoms with Crippen molar-refractivity contribution in [2.24, 2.45) is 11.5 Å². The molecule has 0 saturated heterocycles. The number of benzene rings is 1. The molecule has 0 aromatic heterocycles. The number of primary amides is 1. The van der Waals surface area contributed by atoms with Gasteiger partial charge in [-0.15, -0.1) is 0 Å². The van der Waals surface area contributed by atoms with Crippen LogP contribution in [0.2, 0.25) is 0 Å². The monoisotopic (exact) mass is 221 g/mol. The molecule has 4 heteroatoms. The van der Waals surface area contributed by atoms with Gasteiger partial charge in [0.2, 0.25) is 5.91 Å². The van der Waals surface area contributed by atoms with Crippen LogP contribution in [0.4, 0.5) is 0 Å². The summed E-state index contributed by atoms with van der Waals surface area (Å²) in [5.41, 5.74) is 13.1. The van der Waals surface area contributed by atoms with Crippen LogP contribution in [-0.2, 0) is 4.79 Å². The Morgan fingerprint density at radius 2 is 2.06 bits per heavy atom. The van der Waals surface area contributed by atoms with Crippen molar-refractivity contribution in [1.29, 1.82) is 0 Å². The van der Waals surface area contributed by atoms with E-state index in [9.17, 15) is 4.79 Å². The molecule has 0 aliphatic carbocycles. The van der Waals surface area contributed by atoms with Crippen molar-refractivity contribution < 1.29 is 4.79 Å². The molecular formula is C12H19N3O. The van der Waals surface area contributed by atoms with Crippen molar-refractivity contribution in [2.75, 3.05) is 6.54 Å². The highest BCUT2D eigenvalue weighted by Gasteiger charge is 2.12. The van der Waals surface area contributed by atoms with E-state index in [2.05, 4.69) is 24.4 Å². The molecule has 0 saturated carbocycles. The maximum absolute atomic E-state index is 10.8. The van der Waals surface area contributed by atoms with E-state index in [1.165, 1.54) is 11.1 Å². The second kappa shape index (κ2) is 5.63. The molecule has 0 aliphatic heterocycles. The SMILES string of the molecule is Cc1ccccc1[C@H](C)NCC(N)C(N)=O. The molecule has 1 aromatic carbocycles. The summed E-state index contributed by atoms with van der Waals surface area (Å²) in [5.74, 6) is -0.482. The second-order valence-corrected chi connectivity index (χ2v) is 4.00. The van der Waals surface area contributed by atoms with Gasteiger partial charge < -0.3 is 16.8 Å². The maximum atomic E-state index is 10.8. The molecule has 0 radical (unpaired) electrons. The summed E-state index contributed by atoms with van der Waals surface area (Å²) in [6, 6.07) is 7.64. The molecule has 0 aliphatic rings. The molecule has 0 heterocycles. The number of nitrogens with one attached hydrogen (secondary N) is 1. The Morgan fingerprint density at radius 1 is 1.44 bits per heavy atom. The standard InChI is InChI=1S/C12H19N3O/c1-8-5-3-4-6-10(8)9(2)15-7-11(13)12(14)16/h3-6,9,11,15H,7,13H2,1-2H3,(H2,14,16)/t9-,11?/m0/s1. The molecule has 88 valence electrons. The third-order valence-electron chi connectivity index (χ3n) is 2.66. The predicted molar refractivity (Wildman–Crippen MR) is 64.8 cm³/mol. The van der Waals surface area contributed by atoms with Gasteiger partial charge in [-0.05, 0) is 25.0 Å². The molecule has 0 bridgehead atoms. The lowest BCUT2D eigenvalue weighted by Crippen LogP contribution is -2.44. The second-order valence-electron chi connectivity index (χ2n) is 4.00. The summed E-state index contributed by atoms with van der Waals surface area (Å²) >= 11 is 0. The van der Waals surface area contributed by atoms with Gasteiger partial charge in [-0.2, -0.15) is 0 Å².